The monoisotopic (exact) mass is 345 g/mol. The standard InChI is InChI=1S/C21H19N3O2/c1-3-20(25)23-13-17-12-16(9-10-22-17)21(26)24-19-6-4-5-15-8-7-14(2)11-18(15)19/h3-12H,1,13H2,2H3,(H,23,25)(H,24,26). The van der Waals surface area contributed by atoms with Crippen LogP contribution in [-0.2, 0) is 11.3 Å². The van der Waals surface area contributed by atoms with Crippen LogP contribution in [-0.4, -0.2) is 16.8 Å². The number of carbonyl (C=O) groups is 2. The highest BCUT2D eigenvalue weighted by molar-refractivity contribution is 6.09. The van der Waals surface area contributed by atoms with Crippen LogP contribution < -0.4 is 10.6 Å². The first-order valence-electron chi connectivity index (χ1n) is 8.23. The number of nitrogens with one attached hydrogen (secondary N) is 2. The van der Waals surface area contributed by atoms with E-state index in [1.165, 1.54) is 6.08 Å². The Bertz CT molecular complexity index is 995. The normalized spacial score (nSPS) is 10.3. The number of pyridine rings is 1. The average Bonchev–Trinajstić information content (AvgIpc) is 2.66. The lowest BCUT2D eigenvalue weighted by atomic mass is 10.1. The molecule has 0 bridgehead atoms. The first kappa shape index (κ1) is 17.4. The summed E-state index contributed by atoms with van der Waals surface area (Å²) in [6, 6.07) is 15.2. The van der Waals surface area contributed by atoms with Crippen LogP contribution in [0.15, 0.2) is 67.4 Å². The molecule has 2 amide bonds. The third-order valence-corrected chi connectivity index (χ3v) is 3.99. The van der Waals surface area contributed by atoms with Gasteiger partial charge in [-0.3, -0.25) is 14.6 Å². The molecule has 0 aliphatic heterocycles. The number of amides is 2. The zero-order valence-corrected chi connectivity index (χ0v) is 14.5. The predicted octanol–water partition coefficient (Wildman–Crippen LogP) is 3.60. The maximum atomic E-state index is 12.6. The molecule has 5 heteroatoms. The van der Waals surface area contributed by atoms with Crippen molar-refractivity contribution in [2.45, 2.75) is 13.5 Å². The Balaban J connectivity index is 1.81. The van der Waals surface area contributed by atoms with Crippen molar-refractivity contribution >= 4 is 28.3 Å². The summed E-state index contributed by atoms with van der Waals surface area (Å²) >= 11 is 0. The number of rotatable bonds is 5. The van der Waals surface area contributed by atoms with Gasteiger partial charge < -0.3 is 10.6 Å². The molecular formula is C21H19N3O2. The van der Waals surface area contributed by atoms with E-state index in [2.05, 4.69) is 22.2 Å². The molecule has 2 aromatic carbocycles. The molecule has 1 aromatic heterocycles. The molecule has 0 saturated carbocycles. The minimum absolute atomic E-state index is 0.224. The van der Waals surface area contributed by atoms with Crippen LogP contribution in [0, 0.1) is 6.92 Å². The van der Waals surface area contributed by atoms with Crippen molar-refractivity contribution in [2.24, 2.45) is 0 Å². The van der Waals surface area contributed by atoms with Crippen LogP contribution >= 0.6 is 0 Å². The average molecular weight is 345 g/mol. The van der Waals surface area contributed by atoms with Crippen molar-refractivity contribution in [2.75, 3.05) is 5.32 Å². The van der Waals surface area contributed by atoms with Crippen molar-refractivity contribution in [3.63, 3.8) is 0 Å². The fourth-order valence-corrected chi connectivity index (χ4v) is 2.66. The summed E-state index contributed by atoms with van der Waals surface area (Å²) in [4.78, 5) is 28.1. The van der Waals surface area contributed by atoms with Gasteiger partial charge in [0.15, 0.2) is 0 Å². The van der Waals surface area contributed by atoms with Gasteiger partial charge in [-0.15, -0.1) is 0 Å². The van der Waals surface area contributed by atoms with E-state index >= 15 is 0 Å². The van der Waals surface area contributed by atoms with Gasteiger partial charge in [-0.25, -0.2) is 0 Å². The van der Waals surface area contributed by atoms with Gasteiger partial charge in [-0.05, 0) is 42.7 Å². The molecule has 2 N–H and O–H groups in total. The van der Waals surface area contributed by atoms with Crippen molar-refractivity contribution in [1.82, 2.24) is 10.3 Å². The zero-order chi connectivity index (χ0) is 18.5. The number of hydrogen-bond acceptors (Lipinski definition) is 3. The highest BCUT2D eigenvalue weighted by atomic mass is 16.2. The molecule has 0 aliphatic carbocycles. The van der Waals surface area contributed by atoms with E-state index in [1.54, 1.807) is 18.3 Å². The lowest BCUT2D eigenvalue weighted by Gasteiger charge is -2.10. The fraction of sp³-hybridized carbons (Fsp3) is 0.0952. The van der Waals surface area contributed by atoms with Crippen molar-refractivity contribution in [1.29, 1.82) is 0 Å². The smallest absolute Gasteiger partial charge is 0.255 e. The number of nitrogens with zero attached hydrogens (tertiary/aromatic N) is 1. The zero-order valence-electron chi connectivity index (χ0n) is 14.5. The van der Waals surface area contributed by atoms with Crippen LogP contribution in [0.1, 0.15) is 21.6 Å². The maximum absolute atomic E-state index is 12.6. The van der Waals surface area contributed by atoms with Gasteiger partial charge in [0.1, 0.15) is 0 Å². The number of benzene rings is 2. The fourth-order valence-electron chi connectivity index (χ4n) is 2.66. The molecule has 3 rings (SSSR count). The van der Waals surface area contributed by atoms with E-state index in [1.807, 2.05) is 43.3 Å². The molecule has 0 fully saturated rings. The first-order valence-corrected chi connectivity index (χ1v) is 8.23. The second-order valence-corrected chi connectivity index (χ2v) is 5.94. The summed E-state index contributed by atoms with van der Waals surface area (Å²) in [5.41, 5.74) is 2.96. The van der Waals surface area contributed by atoms with E-state index in [-0.39, 0.29) is 18.4 Å². The van der Waals surface area contributed by atoms with E-state index in [9.17, 15) is 9.59 Å². The molecule has 1 heterocycles. The minimum atomic E-state index is -0.284. The van der Waals surface area contributed by atoms with Gasteiger partial charge in [-0.1, -0.05) is 36.4 Å². The summed E-state index contributed by atoms with van der Waals surface area (Å²) in [7, 11) is 0. The number of aromatic nitrogens is 1. The molecule has 0 aliphatic rings. The van der Waals surface area contributed by atoms with E-state index in [0.717, 1.165) is 22.0 Å². The molecule has 0 spiro atoms. The Morgan fingerprint density at radius 1 is 1.15 bits per heavy atom. The first-order chi connectivity index (χ1) is 12.6. The van der Waals surface area contributed by atoms with Crippen molar-refractivity contribution in [3.05, 3.63) is 84.2 Å². The van der Waals surface area contributed by atoms with Gasteiger partial charge in [-0.2, -0.15) is 0 Å². The van der Waals surface area contributed by atoms with Gasteiger partial charge >= 0.3 is 0 Å². The molecule has 26 heavy (non-hydrogen) atoms. The van der Waals surface area contributed by atoms with Crippen molar-refractivity contribution in [3.8, 4) is 0 Å². The van der Waals surface area contributed by atoms with E-state index in [0.29, 0.717) is 11.3 Å². The van der Waals surface area contributed by atoms with E-state index < -0.39 is 0 Å². The van der Waals surface area contributed by atoms with E-state index in [4.69, 9.17) is 0 Å². The largest absolute Gasteiger partial charge is 0.347 e. The molecule has 0 radical (unpaired) electrons. The third kappa shape index (κ3) is 3.95. The number of fused-ring (bicyclic) bond motifs is 1. The van der Waals surface area contributed by atoms with Crippen LogP contribution in [0.2, 0.25) is 0 Å². The quantitative estimate of drug-likeness (QED) is 0.694. The Hall–Kier alpha value is -3.47. The predicted molar refractivity (Wildman–Crippen MR) is 103 cm³/mol. The molecule has 3 aromatic rings. The topological polar surface area (TPSA) is 71.1 Å². The summed E-state index contributed by atoms with van der Waals surface area (Å²) < 4.78 is 0. The van der Waals surface area contributed by atoms with Gasteiger partial charge in [0.2, 0.25) is 5.91 Å². The molecule has 0 saturated heterocycles. The highest BCUT2D eigenvalue weighted by Crippen LogP contribution is 2.25. The third-order valence-electron chi connectivity index (χ3n) is 3.99. The molecule has 130 valence electrons. The molecular weight excluding hydrogens is 326 g/mol. The second kappa shape index (κ2) is 7.61. The van der Waals surface area contributed by atoms with Crippen molar-refractivity contribution < 1.29 is 9.59 Å². The lowest BCUT2D eigenvalue weighted by Crippen LogP contribution is -2.21. The maximum Gasteiger partial charge on any atom is 0.255 e. The molecule has 0 atom stereocenters. The summed E-state index contributed by atoms with van der Waals surface area (Å²) in [6.07, 6.45) is 2.75. The molecule has 0 unspecified atom stereocenters. The number of anilines is 1. The highest BCUT2D eigenvalue weighted by Gasteiger charge is 2.10. The summed E-state index contributed by atoms with van der Waals surface area (Å²) in [5.74, 6) is -0.509. The number of aryl methyl sites for hydroxylation is 1. The lowest BCUT2D eigenvalue weighted by molar-refractivity contribution is -0.116. The van der Waals surface area contributed by atoms with Crippen LogP contribution in [0.25, 0.3) is 10.8 Å². The SMILES string of the molecule is C=CC(=O)NCc1cc(C(=O)Nc2cccc3ccc(C)cc23)ccn1. The van der Waals surface area contributed by atoms with Crippen LogP contribution in [0.5, 0.6) is 0 Å². The Morgan fingerprint density at radius 2 is 2.00 bits per heavy atom. The second-order valence-electron chi connectivity index (χ2n) is 5.94. The Morgan fingerprint density at radius 3 is 2.81 bits per heavy atom. The van der Waals surface area contributed by atoms with Gasteiger partial charge in [0.25, 0.3) is 5.91 Å². The summed E-state index contributed by atoms with van der Waals surface area (Å²) in [6.45, 7) is 5.65. The van der Waals surface area contributed by atoms with Crippen LogP contribution in [0.3, 0.4) is 0 Å². The number of hydrogen-bond donors (Lipinski definition) is 2. The van der Waals surface area contributed by atoms with Gasteiger partial charge in [0.05, 0.1) is 12.2 Å². The number of carbonyl (C=O) groups excluding carboxylic acids is 2. The van der Waals surface area contributed by atoms with Gasteiger partial charge in [0, 0.05) is 22.8 Å². The van der Waals surface area contributed by atoms with Crippen LogP contribution in [0.4, 0.5) is 5.69 Å². The summed E-state index contributed by atoms with van der Waals surface area (Å²) in [5, 5.41) is 7.66. The molecule has 5 nitrogen and oxygen atoms in total. The Kier molecular flexibility index (Phi) is 5.08. The minimum Gasteiger partial charge on any atom is -0.347 e. The Labute approximate surface area is 151 Å².